The third-order valence-electron chi connectivity index (χ3n) is 4.49. The summed E-state index contributed by atoms with van der Waals surface area (Å²) in [6.45, 7) is 1.98. The second-order valence-corrected chi connectivity index (χ2v) is 6.68. The summed E-state index contributed by atoms with van der Waals surface area (Å²) >= 11 is 0. The van der Waals surface area contributed by atoms with E-state index in [-0.39, 0.29) is 33.6 Å². The molecule has 0 radical (unpaired) electrons. The molecule has 31 heavy (non-hydrogen) atoms. The predicted octanol–water partition coefficient (Wildman–Crippen LogP) is 4.81. The van der Waals surface area contributed by atoms with Crippen molar-refractivity contribution in [2.75, 3.05) is 12.3 Å². The number of aryl methyl sites for hydroxylation is 1. The Labute approximate surface area is 179 Å². The summed E-state index contributed by atoms with van der Waals surface area (Å²) in [5.41, 5.74) is 2.28. The molecule has 0 saturated heterocycles. The Morgan fingerprint density at radius 3 is 2.29 bits per heavy atom. The van der Waals surface area contributed by atoms with E-state index < -0.39 is 5.97 Å². The minimum atomic E-state index is -0.730. The monoisotopic (exact) mass is 418 g/mol. The van der Waals surface area contributed by atoms with Gasteiger partial charge < -0.3 is 19.9 Å². The average molecular weight is 418 g/mol. The number of nitrogens with zero attached hydrogens (tertiary/aromatic N) is 1. The van der Waals surface area contributed by atoms with Gasteiger partial charge in [0.15, 0.2) is 5.78 Å². The van der Waals surface area contributed by atoms with Crippen LogP contribution in [0.4, 0.5) is 5.69 Å². The molecule has 3 aromatic rings. The van der Waals surface area contributed by atoms with Crippen LogP contribution in [0.2, 0.25) is 0 Å². The highest BCUT2D eigenvalue weighted by molar-refractivity contribution is 6.09. The summed E-state index contributed by atoms with van der Waals surface area (Å²) in [6.07, 6.45) is 3.09. The number of esters is 1. The molecule has 3 rings (SSSR count). The number of hydrogen-bond donors (Lipinski definition) is 1. The highest BCUT2D eigenvalue weighted by Gasteiger charge is 2.16. The normalized spacial score (nSPS) is 10.7. The zero-order valence-corrected chi connectivity index (χ0v) is 16.9. The molecule has 0 amide bonds. The molecule has 0 aromatic heterocycles. The van der Waals surface area contributed by atoms with Crippen LogP contribution < -0.4 is 14.7 Å². The second-order valence-electron chi connectivity index (χ2n) is 6.68. The Hall–Kier alpha value is -3.94. The van der Waals surface area contributed by atoms with Crippen molar-refractivity contribution in [2.45, 2.75) is 6.92 Å². The van der Waals surface area contributed by atoms with E-state index in [0.717, 1.165) is 11.1 Å². The average Bonchev–Trinajstić information content (AvgIpc) is 2.78. The number of methoxy groups -OCH3 is 1. The molecular weight excluding hydrogens is 398 g/mol. The zero-order valence-electron chi connectivity index (χ0n) is 16.9. The first-order valence-electron chi connectivity index (χ1n) is 9.33. The fourth-order valence-electron chi connectivity index (χ4n) is 2.74. The lowest BCUT2D eigenvalue weighted by molar-refractivity contribution is 0.0732. The topological polar surface area (TPSA) is 99.1 Å². The van der Waals surface area contributed by atoms with Gasteiger partial charge in [0, 0.05) is 6.07 Å². The van der Waals surface area contributed by atoms with Crippen LogP contribution in [-0.2, 0) is 0 Å². The standard InChI is InChI=1S/C24H20NO6/c1-16-3-5-17(6-4-16)7-14-22(26)21-13-12-20(30-2)15-23(21)31-24(27)18-8-10-19(11-9-18)25(28)29/h3-15,28H,1-2H3/q-1. The van der Waals surface area contributed by atoms with Crippen molar-refractivity contribution in [3.05, 3.63) is 100 Å². The van der Waals surface area contributed by atoms with Crippen LogP contribution in [0.15, 0.2) is 72.8 Å². The Morgan fingerprint density at radius 2 is 1.68 bits per heavy atom. The van der Waals surface area contributed by atoms with E-state index in [1.54, 1.807) is 12.1 Å². The molecular formula is C24H20NO6-. The lowest BCUT2D eigenvalue weighted by atomic mass is 10.1. The molecule has 0 bridgehead atoms. The second kappa shape index (κ2) is 9.71. The van der Waals surface area contributed by atoms with E-state index in [9.17, 15) is 14.8 Å². The van der Waals surface area contributed by atoms with Crippen LogP contribution in [0.3, 0.4) is 0 Å². The van der Waals surface area contributed by atoms with Crippen molar-refractivity contribution >= 4 is 23.5 Å². The molecule has 0 saturated carbocycles. The molecule has 7 nitrogen and oxygen atoms in total. The van der Waals surface area contributed by atoms with Crippen molar-refractivity contribution in [3.8, 4) is 11.5 Å². The third-order valence-corrected chi connectivity index (χ3v) is 4.49. The van der Waals surface area contributed by atoms with Crippen molar-refractivity contribution in [3.63, 3.8) is 0 Å². The molecule has 0 aliphatic carbocycles. The number of carbonyl (C=O) groups is 2. The molecule has 158 valence electrons. The largest absolute Gasteiger partial charge is 0.733 e. The highest BCUT2D eigenvalue weighted by Crippen LogP contribution is 2.27. The number of anilines is 1. The lowest BCUT2D eigenvalue weighted by Gasteiger charge is -2.21. The first-order valence-corrected chi connectivity index (χ1v) is 9.33. The SMILES string of the molecule is COc1ccc(C(=O)C=Cc2ccc(C)cc2)c(OC(=O)c2ccc(N([O-])O)cc2)c1. The molecule has 7 heteroatoms. The number of rotatable bonds is 7. The number of allylic oxidation sites excluding steroid dienone is 1. The molecule has 0 fully saturated rings. The third kappa shape index (κ3) is 5.57. The van der Waals surface area contributed by atoms with Gasteiger partial charge in [0.25, 0.3) is 0 Å². The number of carbonyl (C=O) groups excluding carboxylic acids is 2. The lowest BCUT2D eigenvalue weighted by Crippen LogP contribution is -2.12. The molecule has 0 aliphatic heterocycles. The summed E-state index contributed by atoms with van der Waals surface area (Å²) in [7, 11) is 1.46. The van der Waals surface area contributed by atoms with Crippen LogP contribution in [0.1, 0.15) is 31.8 Å². The van der Waals surface area contributed by atoms with Crippen LogP contribution >= 0.6 is 0 Å². The fourth-order valence-corrected chi connectivity index (χ4v) is 2.74. The Kier molecular flexibility index (Phi) is 6.81. The van der Waals surface area contributed by atoms with Gasteiger partial charge in [-0.25, -0.2) is 4.79 Å². The van der Waals surface area contributed by atoms with Gasteiger partial charge in [-0.15, -0.1) is 0 Å². The number of benzene rings is 3. The summed E-state index contributed by atoms with van der Waals surface area (Å²) in [5, 5.41) is 19.5. The number of ketones is 1. The quantitative estimate of drug-likeness (QED) is 0.193. The van der Waals surface area contributed by atoms with Gasteiger partial charge in [0.1, 0.15) is 11.5 Å². The summed E-state index contributed by atoms with van der Waals surface area (Å²) < 4.78 is 10.6. The van der Waals surface area contributed by atoms with Crippen molar-refractivity contribution in [2.24, 2.45) is 0 Å². The van der Waals surface area contributed by atoms with Gasteiger partial charge in [-0.2, -0.15) is 0 Å². The zero-order chi connectivity index (χ0) is 22.4. The van der Waals surface area contributed by atoms with Crippen LogP contribution in [0.5, 0.6) is 11.5 Å². The maximum atomic E-state index is 12.8. The molecule has 3 aromatic carbocycles. The molecule has 0 unspecified atom stereocenters. The van der Waals surface area contributed by atoms with E-state index in [1.807, 2.05) is 31.2 Å². The smallest absolute Gasteiger partial charge is 0.343 e. The van der Waals surface area contributed by atoms with Gasteiger partial charge in [0.05, 0.1) is 23.9 Å². The van der Waals surface area contributed by atoms with Gasteiger partial charge in [-0.1, -0.05) is 35.9 Å². The van der Waals surface area contributed by atoms with E-state index in [0.29, 0.717) is 5.75 Å². The number of ether oxygens (including phenoxy) is 2. The van der Waals surface area contributed by atoms with Gasteiger partial charge in [-0.05, 0) is 55.0 Å². The van der Waals surface area contributed by atoms with Crippen molar-refractivity contribution < 1.29 is 24.3 Å². The van der Waals surface area contributed by atoms with Crippen LogP contribution in [0, 0.1) is 12.1 Å². The highest BCUT2D eigenvalue weighted by atomic mass is 16.8. The van der Waals surface area contributed by atoms with E-state index in [1.165, 1.54) is 49.6 Å². The number of hydrogen-bond acceptors (Lipinski definition) is 7. The maximum absolute atomic E-state index is 12.8. The fraction of sp³-hybridized carbons (Fsp3) is 0.0833. The van der Waals surface area contributed by atoms with Gasteiger partial charge >= 0.3 is 5.97 Å². The van der Waals surface area contributed by atoms with Gasteiger partial charge in [0.2, 0.25) is 0 Å². The summed E-state index contributed by atoms with van der Waals surface area (Å²) in [5.74, 6) is -0.616. The molecule has 0 atom stereocenters. The Morgan fingerprint density at radius 1 is 1.00 bits per heavy atom. The minimum Gasteiger partial charge on any atom is -0.733 e. The van der Waals surface area contributed by atoms with Crippen molar-refractivity contribution in [1.29, 1.82) is 0 Å². The summed E-state index contributed by atoms with van der Waals surface area (Å²) in [6, 6.07) is 17.5. The molecule has 1 N–H and O–H groups in total. The maximum Gasteiger partial charge on any atom is 0.343 e. The molecule has 0 heterocycles. The Balaban J connectivity index is 1.84. The van der Waals surface area contributed by atoms with E-state index >= 15 is 0 Å². The van der Waals surface area contributed by atoms with E-state index in [2.05, 4.69) is 0 Å². The predicted molar refractivity (Wildman–Crippen MR) is 117 cm³/mol. The van der Waals surface area contributed by atoms with Crippen LogP contribution in [-0.4, -0.2) is 24.1 Å². The minimum absolute atomic E-state index is 0.0324. The summed E-state index contributed by atoms with van der Waals surface area (Å²) in [4.78, 5) is 25.3. The molecule has 0 spiro atoms. The first-order chi connectivity index (χ1) is 14.9. The van der Waals surface area contributed by atoms with Gasteiger partial charge in [-0.3, -0.25) is 10.0 Å². The van der Waals surface area contributed by atoms with E-state index in [4.69, 9.17) is 14.7 Å². The Bertz CT molecular complexity index is 1100. The van der Waals surface area contributed by atoms with Crippen molar-refractivity contribution in [1.82, 2.24) is 0 Å². The first kappa shape index (κ1) is 21.8. The van der Waals surface area contributed by atoms with Crippen LogP contribution in [0.25, 0.3) is 6.08 Å². The molecule has 0 aliphatic rings.